The van der Waals surface area contributed by atoms with Crippen molar-refractivity contribution in [2.75, 3.05) is 25.4 Å². The van der Waals surface area contributed by atoms with Crippen LogP contribution >= 0.6 is 12.4 Å². The zero-order valence-corrected chi connectivity index (χ0v) is 12.1. The second-order valence-corrected chi connectivity index (χ2v) is 6.27. The van der Waals surface area contributed by atoms with Gasteiger partial charge in [-0.3, -0.25) is 0 Å². The highest BCUT2D eigenvalue weighted by Gasteiger charge is 2.19. The van der Waals surface area contributed by atoms with Gasteiger partial charge in [0.2, 0.25) is 10.0 Å². The normalized spacial score (nSPS) is 21.2. The summed E-state index contributed by atoms with van der Waals surface area (Å²) in [5.74, 6) is 0.0433. The maximum absolute atomic E-state index is 11.7. The van der Waals surface area contributed by atoms with Crippen LogP contribution in [0.2, 0.25) is 0 Å². The summed E-state index contributed by atoms with van der Waals surface area (Å²) in [5.41, 5.74) is 0. The third-order valence-corrected chi connectivity index (χ3v) is 3.84. The monoisotopic (exact) mass is 286 g/mol. The predicted molar refractivity (Wildman–Crippen MR) is 71.2 cm³/mol. The largest absolute Gasteiger partial charge is 0.378 e. The van der Waals surface area contributed by atoms with Gasteiger partial charge in [0.05, 0.1) is 18.5 Å². The van der Waals surface area contributed by atoms with Gasteiger partial charge in [0.15, 0.2) is 0 Å². The van der Waals surface area contributed by atoms with Crippen molar-refractivity contribution in [1.82, 2.24) is 10.0 Å². The standard InChI is InChI=1S/C10H22N2O3S.ClH/c1-9(2)15-6-7-16(13,14)12-10-4-3-5-11-8-10;/h9-12H,3-8H2,1-2H3;1H/t10-;/m1./s1. The zero-order chi connectivity index (χ0) is 12.0. The molecule has 5 nitrogen and oxygen atoms in total. The highest BCUT2D eigenvalue weighted by atomic mass is 35.5. The molecule has 1 atom stereocenters. The van der Waals surface area contributed by atoms with Gasteiger partial charge in [-0.05, 0) is 33.2 Å². The summed E-state index contributed by atoms with van der Waals surface area (Å²) < 4.78 is 31.3. The van der Waals surface area contributed by atoms with Crippen LogP contribution in [0.4, 0.5) is 0 Å². The van der Waals surface area contributed by atoms with Crippen molar-refractivity contribution in [3.05, 3.63) is 0 Å². The number of halogens is 1. The van der Waals surface area contributed by atoms with E-state index in [1.807, 2.05) is 13.8 Å². The first-order valence-electron chi connectivity index (χ1n) is 5.82. The minimum atomic E-state index is -3.19. The fraction of sp³-hybridized carbons (Fsp3) is 1.00. The number of sulfonamides is 1. The van der Waals surface area contributed by atoms with E-state index in [4.69, 9.17) is 4.74 Å². The number of rotatable bonds is 6. The van der Waals surface area contributed by atoms with E-state index in [2.05, 4.69) is 10.0 Å². The molecular formula is C10H23ClN2O3S. The molecule has 17 heavy (non-hydrogen) atoms. The molecule has 1 heterocycles. The van der Waals surface area contributed by atoms with Gasteiger partial charge < -0.3 is 10.1 Å². The van der Waals surface area contributed by atoms with Crippen molar-refractivity contribution in [3.8, 4) is 0 Å². The van der Waals surface area contributed by atoms with Crippen LogP contribution in [0.5, 0.6) is 0 Å². The molecule has 1 saturated heterocycles. The Morgan fingerprint density at radius 3 is 2.71 bits per heavy atom. The SMILES string of the molecule is CC(C)OCCS(=O)(=O)N[C@@H]1CCCNC1.Cl. The molecule has 1 rings (SSSR count). The number of nitrogens with one attached hydrogen (secondary N) is 2. The summed E-state index contributed by atoms with van der Waals surface area (Å²) in [4.78, 5) is 0. The lowest BCUT2D eigenvalue weighted by molar-refractivity contribution is 0.0911. The molecule has 1 aliphatic rings. The van der Waals surface area contributed by atoms with E-state index in [1.54, 1.807) is 0 Å². The lowest BCUT2D eigenvalue weighted by atomic mass is 10.1. The van der Waals surface area contributed by atoms with Crippen molar-refractivity contribution in [1.29, 1.82) is 0 Å². The van der Waals surface area contributed by atoms with Crippen molar-refractivity contribution < 1.29 is 13.2 Å². The highest BCUT2D eigenvalue weighted by Crippen LogP contribution is 2.03. The first-order chi connectivity index (χ1) is 7.49. The van der Waals surface area contributed by atoms with Crippen molar-refractivity contribution in [2.24, 2.45) is 0 Å². The molecule has 0 aromatic heterocycles. The molecule has 1 aliphatic heterocycles. The summed E-state index contributed by atoms with van der Waals surface area (Å²) in [7, 11) is -3.19. The molecule has 0 radical (unpaired) electrons. The molecular weight excluding hydrogens is 264 g/mol. The molecule has 0 unspecified atom stereocenters. The fourth-order valence-corrected chi connectivity index (χ4v) is 2.80. The van der Waals surface area contributed by atoms with Crippen LogP contribution in [0.25, 0.3) is 0 Å². The number of hydrogen-bond acceptors (Lipinski definition) is 4. The van der Waals surface area contributed by atoms with E-state index in [1.165, 1.54) is 0 Å². The first-order valence-corrected chi connectivity index (χ1v) is 7.47. The van der Waals surface area contributed by atoms with Crippen molar-refractivity contribution >= 4 is 22.4 Å². The Labute approximate surface area is 110 Å². The van der Waals surface area contributed by atoms with Gasteiger partial charge in [0.25, 0.3) is 0 Å². The highest BCUT2D eigenvalue weighted by molar-refractivity contribution is 7.89. The van der Waals surface area contributed by atoms with Gasteiger partial charge in [0.1, 0.15) is 0 Å². The fourth-order valence-electron chi connectivity index (χ4n) is 1.66. The van der Waals surface area contributed by atoms with Gasteiger partial charge >= 0.3 is 0 Å². The average Bonchev–Trinajstić information content (AvgIpc) is 2.17. The molecule has 0 aromatic carbocycles. The topological polar surface area (TPSA) is 67.4 Å². The van der Waals surface area contributed by atoms with Crippen LogP contribution < -0.4 is 10.0 Å². The van der Waals surface area contributed by atoms with Crippen LogP contribution in [0, 0.1) is 0 Å². The van der Waals surface area contributed by atoms with E-state index < -0.39 is 10.0 Å². The van der Waals surface area contributed by atoms with Gasteiger partial charge in [0, 0.05) is 12.6 Å². The molecule has 0 aliphatic carbocycles. The lowest BCUT2D eigenvalue weighted by Crippen LogP contribution is -2.46. The van der Waals surface area contributed by atoms with E-state index in [0.717, 1.165) is 25.9 Å². The molecule has 0 bridgehead atoms. The van der Waals surface area contributed by atoms with E-state index in [0.29, 0.717) is 0 Å². The summed E-state index contributed by atoms with van der Waals surface area (Å²) in [6.07, 6.45) is 2.01. The third-order valence-electron chi connectivity index (χ3n) is 2.45. The quantitative estimate of drug-likeness (QED) is 0.746. The number of ether oxygens (including phenoxy) is 1. The molecule has 7 heteroatoms. The van der Waals surface area contributed by atoms with E-state index >= 15 is 0 Å². The van der Waals surface area contributed by atoms with Crippen molar-refractivity contribution in [3.63, 3.8) is 0 Å². The van der Waals surface area contributed by atoms with Crippen molar-refractivity contribution in [2.45, 2.75) is 38.8 Å². The first kappa shape index (κ1) is 17.1. The van der Waals surface area contributed by atoms with Gasteiger partial charge in [-0.1, -0.05) is 0 Å². The van der Waals surface area contributed by atoms with Crippen LogP contribution in [-0.2, 0) is 14.8 Å². The Balaban J connectivity index is 0.00000256. The molecule has 2 N–H and O–H groups in total. The number of piperidine rings is 1. The Morgan fingerprint density at radius 2 is 2.18 bits per heavy atom. The summed E-state index contributed by atoms with van der Waals surface area (Å²) in [6.45, 7) is 5.75. The second-order valence-electron chi connectivity index (χ2n) is 4.40. The number of hydrogen-bond donors (Lipinski definition) is 2. The predicted octanol–water partition coefficient (Wildman–Crippen LogP) is 0.505. The lowest BCUT2D eigenvalue weighted by Gasteiger charge is -2.23. The molecule has 1 fully saturated rings. The molecule has 104 valence electrons. The molecule has 0 saturated carbocycles. The average molecular weight is 287 g/mol. The second kappa shape index (κ2) is 8.26. The summed E-state index contributed by atoms with van der Waals surface area (Å²) >= 11 is 0. The maximum atomic E-state index is 11.7. The zero-order valence-electron chi connectivity index (χ0n) is 10.4. The van der Waals surface area contributed by atoms with E-state index in [9.17, 15) is 8.42 Å². The third kappa shape index (κ3) is 7.94. The van der Waals surface area contributed by atoms with Gasteiger partial charge in [-0.15, -0.1) is 12.4 Å². The maximum Gasteiger partial charge on any atom is 0.214 e. The Morgan fingerprint density at radius 1 is 1.47 bits per heavy atom. The van der Waals surface area contributed by atoms with Crippen LogP contribution in [0.3, 0.4) is 0 Å². The van der Waals surface area contributed by atoms with Crippen LogP contribution in [-0.4, -0.2) is 46.0 Å². The Kier molecular flexibility index (Phi) is 8.32. The summed E-state index contributed by atoms with van der Waals surface area (Å²) in [6, 6.07) is 0.0396. The summed E-state index contributed by atoms with van der Waals surface area (Å²) in [5, 5.41) is 3.17. The molecule has 0 spiro atoms. The minimum absolute atomic E-state index is 0. The molecule has 0 aromatic rings. The van der Waals surface area contributed by atoms with E-state index in [-0.39, 0.29) is 36.9 Å². The Bertz CT molecular complexity index is 290. The van der Waals surface area contributed by atoms with Crippen LogP contribution in [0.1, 0.15) is 26.7 Å². The van der Waals surface area contributed by atoms with Gasteiger partial charge in [-0.2, -0.15) is 0 Å². The smallest absolute Gasteiger partial charge is 0.214 e. The molecule has 0 amide bonds. The van der Waals surface area contributed by atoms with Gasteiger partial charge in [-0.25, -0.2) is 13.1 Å². The minimum Gasteiger partial charge on any atom is -0.378 e. The Hall–Kier alpha value is 0.120. The van der Waals surface area contributed by atoms with Crippen LogP contribution in [0.15, 0.2) is 0 Å².